The van der Waals surface area contributed by atoms with E-state index in [-0.39, 0.29) is 18.4 Å². The normalized spacial score (nSPS) is 20.3. The Balaban J connectivity index is 1.13. The van der Waals surface area contributed by atoms with Crippen molar-refractivity contribution in [2.45, 2.75) is 24.8 Å². The Hall–Kier alpha value is -2.87. The number of nitrogens with zero attached hydrogens (tertiary/aromatic N) is 4. The highest BCUT2D eigenvalue weighted by atomic mass is 16.2. The predicted molar refractivity (Wildman–Crippen MR) is 115 cm³/mol. The van der Waals surface area contributed by atoms with Crippen LogP contribution in [0.2, 0.25) is 0 Å². The van der Waals surface area contributed by atoms with Crippen molar-refractivity contribution >= 4 is 28.4 Å². The number of nitrogens with one attached hydrogen (secondary N) is 2. The molecule has 158 valence electrons. The maximum absolute atomic E-state index is 12.8. The number of hydrogen-bond acceptors (Lipinski definition) is 5. The number of aromatic nitrogens is 2. The molecule has 0 unspecified atom stereocenters. The molecule has 8 nitrogen and oxygen atoms in total. The Morgan fingerprint density at radius 1 is 1.17 bits per heavy atom. The maximum atomic E-state index is 12.8. The lowest BCUT2D eigenvalue weighted by Gasteiger charge is -2.47. The van der Waals surface area contributed by atoms with Gasteiger partial charge in [-0.15, -0.1) is 0 Å². The number of fused-ring (bicyclic) bond motifs is 1. The molecule has 2 N–H and O–H groups in total. The second kappa shape index (κ2) is 7.75. The van der Waals surface area contributed by atoms with Crippen molar-refractivity contribution in [2.75, 3.05) is 51.1 Å². The highest BCUT2D eigenvalue weighted by Crippen LogP contribution is 2.42. The minimum Gasteiger partial charge on any atom is -0.374 e. The molecule has 3 fully saturated rings. The Morgan fingerprint density at radius 2 is 1.93 bits per heavy atom. The number of hydrogen-bond donors (Lipinski definition) is 2. The molecule has 5 rings (SSSR count). The van der Waals surface area contributed by atoms with Crippen LogP contribution in [0.25, 0.3) is 10.9 Å². The molecule has 8 heteroatoms. The zero-order valence-electron chi connectivity index (χ0n) is 17.1. The van der Waals surface area contributed by atoms with E-state index in [2.05, 4.69) is 39.1 Å². The van der Waals surface area contributed by atoms with E-state index < -0.39 is 0 Å². The third-order valence-electron chi connectivity index (χ3n) is 6.58. The number of carbonyl (C=O) groups excluding carboxylic acids is 2. The lowest BCUT2D eigenvalue weighted by molar-refractivity contribution is -0.135. The Bertz CT molecular complexity index is 967. The van der Waals surface area contributed by atoms with Crippen LogP contribution in [-0.2, 0) is 9.59 Å². The summed E-state index contributed by atoms with van der Waals surface area (Å²) >= 11 is 0. The van der Waals surface area contributed by atoms with Gasteiger partial charge in [0.05, 0.1) is 23.9 Å². The lowest BCUT2D eigenvalue weighted by atomic mass is 10.1. The molecule has 30 heavy (non-hydrogen) atoms. The van der Waals surface area contributed by atoms with E-state index in [9.17, 15) is 9.59 Å². The van der Waals surface area contributed by atoms with Crippen LogP contribution in [0.15, 0.2) is 31.0 Å². The molecule has 2 saturated heterocycles. The quantitative estimate of drug-likeness (QED) is 0.706. The molecule has 1 aromatic heterocycles. The highest BCUT2D eigenvalue weighted by molar-refractivity contribution is 5.93. The molecule has 0 radical (unpaired) electrons. The van der Waals surface area contributed by atoms with Gasteiger partial charge in [0, 0.05) is 50.7 Å². The van der Waals surface area contributed by atoms with Crippen LogP contribution in [0.3, 0.4) is 0 Å². The lowest BCUT2D eigenvalue weighted by Crippen LogP contribution is -2.64. The Labute approximate surface area is 175 Å². The molecule has 3 aliphatic rings. The number of piperazine rings is 1. The number of amides is 2. The van der Waals surface area contributed by atoms with Crippen molar-refractivity contribution in [1.29, 1.82) is 0 Å². The van der Waals surface area contributed by atoms with Crippen molar-refractivity contribution in [2.24, 2.45) is 0 Å². The first-order chi connectivity index (χ1) is 14.6. The van der Waals surface area contributed by atoms with Gasteiger partial charge in [0.2, 0.25) is 11.8 Å². The van der Waals surface area contributed by atoms with Gasteiger partial charge < -0.3 is 15.1 Å². The Morgan fingerprint density at radius 3 is 2.63 bits per heavy atom. The molecule has 1 aromatic carbocycles. The number of aromatic amines is 1. The maximum Gasteiger partial charge on any atom is 0.246 e. The van der Waals surface area contributed by atoms with E-state index in [0.29, 0.717) is 12.0 Å². The number of rotatable bonds is 6. The molecule has 2 amide bonds. The highest BCUT2D eigenvalue weighted by Gasteiger charge is 2.35. The summed E-state index contributed by atoms with van der Waals surface area (Å²) in [7, 11) is 0. The van der Waals surface area contributed by atoms with E-state index in [4.69, 9.17) is 0 Å². The number of carbonyl (C=O) groups is 2. The monoisotopic (exact) mass is 408 g/mol. The zero-order chi connectivity index (χ0) is 20.7. The van der Waals surface area contributed by atoms with Gasteiger partial charge in [0.25, 0.3) is 0 Å². The molecule has 3 heterocycles. The van der Waals surface area contributed by atoms with Gasteiger partial charge in [-0.3, -0.25) is 19.6 Å². The average Bonchev–Trinajstić information content (AvgIpc) is 3.48. The van der Waals surface area contributed by atoms with Gasteiger partial charge in [-0.1, -0.05) is 6.58 Å². The topological polar surface area (TPSA) is 84.6 Å². The van der Waals surface area contributed by atoms with Gasteiger partial charge in [-0.25, -0.2) is 0 Å². The average molecular weight is 409 g/mol. The minimum absolute atomic E-state index is 0.00303. The van der Waals surface area contributed by atoms with E-state index in [1.807, 2.05) is 16.0 Å². The van der Waals surface area contributed by atoms with E-state index in [1.54, 1.807) is 0 Å². The van der Waals surface area contributed by atoms with Crippen molar-refractivity contribution in [3.05, 3.63) is 36.5 Å². The molecule has 1 aliphatic carbocycles. The van der Waals surface area contributed by atoms with Crippen molar-refractivity contribution in [3.63, 3.8) is 0 Å². The molecule has 0 atom stereocenters. The van der Waals surface area contributed by atoms with Crippen LogP contribution in [0, 0.1) is 0 Å². The largest absolute Gasteiger partial charge is 0.374 e. The summed E-state index contributed by atoms with van der Waals surface area (Å²) in [6.07, 6.45) is 5.70. The fourth-order valence-electron chi connectivity index (χ4n) is 4.49. The summed E-state index contributed by atoms with van der Waals surface area (Å²) in [4.78, 5) is 30.5. The Kier molecular flexibility index (Phi) is 4.94. The van der Waals surface area contributed by atoms with Crippen molar-refractivity contribution in [1.82, 2.24) is 24.9 Å². The molecular weight excluding hydrogens is 380 g/mol. The van der Waals surface area contributed by atoms with E-state index >= 15 is 0 Å². The van der Waals surface area contributed by atoms with E-state index in [0.717, 1.165) is 55.9 Å². The molecule has 2 aliphatic heterocycles. The number of benzene rings is 1. The zero-order valence-corrected chi connectivity index (χ0v) is 17.1. The first-order valence-corrected chi connectivity index (χ1v) is 10.8. The summed E-state index contributed by atoms with van der Waals surface area (Å²) < 4.78 is 0. The van der Waals surface area contributed by atoms with Gasteiger partial charge in [0.15, 0.2) is 0 Å². The van der Waals surface area contributed by atoms with Crippen molar-refractivity contribution in [3.8, 4) is 0 Å². The van der Waals surface area contributed by atoms with Crippen LogP contribution in [-0.4, -0.2) is 88.6 Å². The number of anilines is 1. The summed E-state index contributed by atoms with van der Waals surface area (Å²) in [5.41, 5.74) is 3.25. The van der Waals surface area contributed by atoms with Crippen LogP contribution >= 0.6 is 0 Å². The van der Waals surface area contributed by atoms with Gasteiger partial charge in [0.1, 0.15) is 0 Å². The van der Waals surface area contributed by atoms with Crippen LogP contribution in [0.1, 0.15) is 24.3 Å². The smallest absolute Gasteiger partial charge is 0.246 e. The van der Waals surface area contributed by atoms with Gasteiger partial charge in [-0.05, 0) is 42.5 Å². The predicted octanol–water partition coefficient (Wildman–Crippen LogP) is 1.39. The number of likely N-dealkylation sites (tertiary alicyclic amines) is 1. The number of H-pyrrole nitrogens is 1. The minimum atomic E-state index is 0.00303. The molecule has 0 spiro atoms. The molecular formula is C22H28N6O2. The van der Waals surface area contributed by atoms with E-state index in [1.165, 1.54) is 24.5 Å². The summed E-state index contributed by atoms with van der Waals surface area (Å²) in [5.74, 6) is 0.775. The summed E-state index contributed by atoms with van der Waals surface area (Å²) in [6.45, 7) is 8.52. The molecule has 1 saturated carbocycles. The first-order valence-electron chi connectivity index (χ1n) is 10.8. The standard InChI is InChI=1S/C22H28N6O2/c1-2-20(29)28-13-18(14-28)26-5-7-27(8-6-26)21(30)12-23-19-10-16(15-3-4-15)9-17-11-24-25-22(17)19/h2,9-11,15,18,23H,1,3-8,12-14H2,(H,24,25). The SMILES string of the molecule is C=CC(=O)N1CC(N2CCN(C(=O)CNc3cc(C4CC4)cc4cn[nH]c34)CC2)C1. The summed E-state index contributed by atoms with van der Waals surface area (Å²) in [5, 5.41) is 11.6. The van der Waals surface area contributed by atoms with Crippen LogP contribution < -0.4 is 5.32 Å². The molecule has 0 bridgehead atoms. The van der Waals surface area contributed by atoms with Gasteiger partial charge in [-0.2, -0.15) is 5.10 Å². The summed E-state index contributed by atoms with van der Waals surface area (Å²) in [6, 6.07) is 4.77. The van der Waals surface area contributed by atoms with Gasteiger partial charge >= 0.3 is 0 Å². The fourth-order valence-corrected chi connectivity index (χ4v) is 4.49. The van der Waals surface area contributed by atoms with Crippen molar-refractivity contribution < 1.29 is 9.59 Å². The third kappa shape index (κ3) is 3.67. The second-order valence-electron chi connectivity index (χ2n) is 8.55. The molecule has 2 aromatic rings. The van der Waals surface area contributed by atoms with Crippen LogP contribution in [0.5, 0.6) is 0 Å². The fraction of sp³-hybridized carbons (Fsp3) is 0.500. The van der Waals surface area contributed by atoms with Crippen LogP contribution in [0.4, 0.5) is 5.69 Å². The first kappa shape index (κ1) is 19.1. The second-order valence-corrected chi connectivity index (χ2v) is 8.55. The third-order valence-corrected chi connectivity index (χ3v) is 6.58.